The van der Waals surface area contributed by atoms with E-state index < -0.39 is 15.8 Å². The van der Waals surface area contributed by atoms with Crippen molar-refractivity contribution in [3.05, 3.63) is 57.7 Å². The molecule has 5 nitrogen and oxygen atoms in total. The molecule has 2 N–H and O–H groups in total. The topological polar surface area (TPSA) is 73.4 Å². The summed E-state index contributed by atoms with van der Waals surface area (Å²) in [6.45, 7) is 2.26. The molecule has 0 saturated carbocycles. The number of para-hydroxylation sites is 1. The first kappa shape index (κ1) is 18.6. The Balaban J connectivity index is 1.85. The summed E-state index contributed by atoms with van der Waals surface area (Å²) in [7, 11) is -3.98. The number of aromatic nitrogens is 1. The molecule has 27 heavy (non-hydrogen) atoms. The van der Waals surface area contributed by atoms with Crippen molar-refractivity contribution >= 4 is 44.1 Å². The van der Waals surface area contributed by atoms with E-state index in [4.69, 9.17) is 23.2 Å². The molecular weight excluding hydrogens is 407 g/mol. The minimum atomic E-state index is -3.98. The molecule has 2 heterocycles. The van der Waals surface area contributed by atoms with Crippen LogP contribution < -0.4 is 0 Å². The van der Waals surface area contributed by atoms with Crippen LogP contribution in [0.4, 0.5) is 0 Å². The van der Waals surface area contributed by atoms with E-state index in [0.717, 1.165) is 22.2 Å². The number of hydrogen-bond acceptors (Lipinski definition) is 3. The standard InChI is InChI=1S/C19H18Cl2N2O3S/c1-2-16-18-13(12-5-3-4-6-15(12)22-18)7-8-23(16)27(25,26)17-10-11(20)9-14(21)19(17)24/h3-6,9-10,16,22,24H,2,7-8H2,1H3. The smallest absolute Gasteiger partial charge is 0.247 e. The number of aromatic amines is 1. The second kappa shape index (κ2) is 6.71. The van der Waals surface area contributed by atoms with E-state index in [0.29, 0.717) is 19.4 Å². The van der Waals surface area contributed by atoms with E-state index in [1.165, 1.54) is 16.4 Å². The highest BCUT2D eigenvalue weighted by Crippen LogP contribution is 2.42. The van der Waals surface area contributed by atoms with Gasteiger partial charge in [0, 0.05) is 28.2 Å². The number of hydrogen-bond donors (Lipinski definition) is 2. The summed E-state index contributed by atoms with van der Waals surface area (Å²) in [6.07, 6.45) is 1.18. The number of H-pyrrole nitrogens is 1. The Hall–Kier alpha value is -1.73. The minimum Gasteiger partial charge on any atom is -0.505 e. The van der Waals surface area contributed by atoms with Gasteiger partial charge in [-0.25, -0.2) is 8.42 Å². The van der Waals surface area contributed by atoms with E-state index in [-0.39, 0.29) is 21.0 Å². The van der Waals surface area contributed by atoms with Gasteiger partial charge in [-0.2, -0.15) is 4.31 Å². The zero-order valence-electron chi connectivity index (χ0n) is 14.5. The van der Waals surface area contributed by atoms with Gasteiger partial charge in [0.2, 0.25) is 10.0 Å². The molecule has 3 aromatic rings. The molecule has 2 aromatic carbocycles. The number of rotatable bonds is 3. The predicted molar refractivity (Wildman–Crippen MR) is 107 cm³/mol. The van der Waals surface area contributed by atoms with Crippen LogP contribution in [0.5, 0.6) is 5.75 Å². The third-order valence-corrected chi connectivity index (χ3v) is 7.50. The van der Waals surface area contributed by atoms with Crippen molar-refractivity contribution in [2.75, 3.05) is 6.54 Å². The number of phenols is 1. The van der Waals surface area contributed by atoms with Crippen molar-refractivity contribution < 1.29 is 13.5 Å². The van der Waals surface area contributed by atoms with Gasteiger partial charge in [-0.1, -0.05) is 48.3 Å². The van der Waals surface area contributed by atoms with Gasteiger partial charge in [0.05, 0.1) is 11.1 Å². The molecule has 0 bridgehead atoms. The average Bonchev–Trinajstić information content (AvgIpc) is 3.02. The van der Waals surface area contributed by atoms with Crippen LogP contribution in [-0.4, -0.2) is 29.4 Å². The lowest BCUT2D eigenvalue weighted by Gasteiger charge is -2.34. The highest BCUT2D eigenvalue weighted by atomic mass is 35.5. The van der Waals surface area contributed by atoms with Crippen molar-refractivity contribution in [3.8, 4) is 5.75 Å². The number of nitrogens with one attached hydrogen (secondary N) is 1. The Labute approximate surface area is 167 Å². The van der Waals surface area contributed by atoms with E-state index in [1.807, 2.05) is 31.2 Å². The molecule has 1 aliphatic rings. The number of benzene rings is 2. The molecule has 0 amide bonds. The first-order chi connectivity index (χ1) is 12.8. The Bertz CT molecular complexity index is 1140. The van der Waals surface area contributed by atoms with Crippen LogP contribution >= 0.6 is 23.2 Å². The fraction of sp³-hybridized carbons (Fsp3) is 0.263. The van der Waals surface area contributed by atoms with E-state index in [9.17, 15) is 13.5 Å². The molecule has 8 heteroatoms. The predicted octanol–water partition coefficient (Wildman–Crippen LogP) is 4.88. The number of sulfonamides is 1. The molecule has 4 rings (SSSR count). The number of halogens is 2. The molecule has 1 atom stereocenters. The van der Waals surface area contributed by atoms with E-state index >= 15 is 0 Å². The highest BCUT2D eigenvalue weighted by molar-refractivity contribution is 7.89. The second-order valence-corrected chi connectivity index (χ2v) is 9.29. The van der Waals surface area contributed by atoms with Gasteiger partial charge in [0.25, 0.3) is 0 Å². The summed E-state index contributed by atoms with van der Waals surface area (Å²) < 4.78 is 28.1. The van der Waals surface area contributed by atoms with Crippen molar-refractivity contribution in [1.29, 1.82) is 0 Å². The molecule has 1 aliphatic heterocycles. The Morgan fingerprint density at radius 3 is 2.74 bits per heavy atom. The highest BCUT2D eigenvalue weighted by Gasteiger charge is 2.38. The first-order valence-electron chi connectivity index (χ1n) is 8.64. The van der Waals surface area contributed by atoms with Crippen LogP contribution in [-0.2, 0) is 16.4 Å². The summed E-state index contributed by atoms with van der Waals surface area (Å²) in [5.41, 5.74) is 3.05. The maximum absolute atomic E-state index is 13.3. The van der Waals surface area contributed by atoms with Gasteiger partial charge in [-0.05, 0) is 36.6 Å². The molecule has 0 saturated heterocycles. The summed E-state index contributed by atoms with van der Waals surface area (Å²) in [5.74, 6) is -0.474. The Morgan fingerprint density at radius 1 is 1.26 bits per heavy atom. The molecule has 0 fully saturated rings. The number of phenolic OH excluding ortho intramolecular Hbond substituents is 1. The fourth-order valence-electron chi connectivity index (χ4n) is 3.86. The normalized spacial score (nSPS) is 18.0. The van der Waals surface area contributed by atoms with Gasteiger partial charge < -0.3 is 10.1 Å². The molecule has 0 spiro atoms. The maximum Gasteiger partial charge on any atom is 0.247 e. The van der Waals surface area contributed by atoms with Crippen LogP contribution in [0.15, 0.2) is 41.3 Å². The van der Waals surface area contributed by atoms with Gasteiger partial charge in [0.15, 0.2) is 5.75 Å². The summed E-state index contributed by atoms with van der Waals surface area (Å²) >= 11 is 11.9. The largest absolute Gasteiger partial charge is 0.505 e. The van der Waals surface area contributed by atoms with Gasteiger partial charge in [-0.15, -0.1) is 0 Å². The Morgan fingerprint density at radius 2 is 2.00 bits per heavy atom. The van der Waals surface area contributed by atoms with Crippen LogP contribution in [0.25, 0.3) is 10.9 Å². The van der Waals surface area contributed by atoms with Crippen LogP contribution in [0, 0.1) is 0 Å². The SMILES string of the molecule is CCC1c2[nH]c3ccccc3c2CCN1S(=O)(=O)c1cc(Cl)cc(Cl)c1O. The van der Waals surface area contributed by atoms with Crippen molar-refractivity contribution in [1.82, 2.24) is 9.29 Å². The zero-order chi connectivity index (χ0) is 19.3. The quantitative estimate of drug-likeness (QED) is 0.628. The Kier molecular flexibility index (Phi) is 4.63. The number of fused-ring (bicyclic) bond motifs is 3. The minimum absolute atomic E-state index is 0.0857. The first-order valence-corrected chi connectivity index (χ1v) is 10.8. The van der Waals surface area contributed by atoms with Crippen LogP contribution in [0.3, 0.4) is 0 Å². The van der Waals surface area contributed by atoms with Gasteiger partial charge >= 0.3 is 0 Å². The second-order valence-electron chi connectivity index (χ2n) is 6.59. The lowest BCUT2D eigenvalue weighted by molar-refractivity contribution is 0.295. The molecule has 0 radical (unpaired) electrons. The van der Waals surface area contributed by atoms with Crippen molar-refractivity contribution in [3.63, 3.8) is 0 Å². The zero-order valence-corrected chi connectivity index (χ0v) is 16.9. The summed E-state index contributed by atoms with van der Waals surface area (Å²) in [4.78, 5) is 3.12. The molecule has 142 valence electrons. The lowest BCUT2D eigenvalue weighted by Crippen LogP contribution is -2.39. The third-order valence-electron chi connectivity index (χ3n) is 5.08. The summed E-state index contributed by atoms with van der Waals surface area (Å²) in [6, 6.07) is 10.2. The average molecular weight is 425 g/mol. The van der Waals surface area contributed by atoms with Crippen molar-refractivity contribution in [2.45, 2.75) is 30.7 Å². The maximum atomic E-state index is 13.3. The van der Waals surface area contributed by atoms with Gasteiger partial charge in [0.1, 0.15) is 4.90 Å². The lowest BCUT2D eigenvalue weighted by atomic mass is 9.98. The van der Waals surface area contributed by atoms with E-state index in [1.54, 1.807) is 0 Å². The fourth-order valence-corrected chi connectivity index (χ4v) is 6.28. The van der Waals surface area contributed by atoms with Crippen LogP contribution in [0.1, 0.15) is 30.6 Å². The molecular formula is C19H18Cl2N2O3S. The molecule has 1 unspecified atom stereocenters. The van der Waals surface area contributed by atoms with E-state index in [2.05, 4.69) is 4.98 Å². The molecule has 1 aromatic heterocycles. The molecule has 0 aliphatic carbocycles. The van der Waals surface area contributed by atoms with Gasteiger partial charge in [-0.3, -0.25) is 0 Å². The number of aromatic hydroxyl groups is 1. The summed E-state index contributed by atoms with van der Waals surface area (Å²) in [5, 5.41) is 11.4. The van der Waals surface area contributed by atoms with Crippen LogP contribution in [0.2, 0.25) is 10.0 Å². The monoisotopic (exact) mass is 424 g/mol. The third kappa shape index (κ3) is 2.91. The number of nitrogens with zero attached hydrogens (tertiary/aromatic N) is 1. The van der Waals surface area contributed by atoms with Crippen molar-refractivity contribution in [2.24, 2.45) is 0 Å².